The first kappa shape index (κ1) is 23.5. The molecule has 0 aliphatic heterocycles. The van der Waals surface area contributed by atoms with E-state index in [-0.39, 0.29) is 11.6 Å². The van der Waals surface area contributed by atoms with E-state index in [0.29, 0.717) is 22.7 Å². The normalized spacial score (nSPS) is 10.7. The van der Waals surface area contributed by atoms with E-state index in [2.05, 4.69) is 15.3 Å². The average Bonchev–Trinajstić information content (AvgIpc) is 3.37. The van der Waals surface area contributed by atoms with Gasteiger partial charge in [0.1, 0.15) is 6.33 Å². The minimum Gasteiger partial charge on any atom is -0.459 e. The standard InChI is InChI=1S/C22H14F3N3O3.C2H6/c23-22(24,25)15-9-7-14(8-10-15)17-12-20(27-13-26-17)31-18-5-2-1-4-16(18)28-21(29)19-6-3-11-30-19;1-2/h1-13H,(H,28,29);1-2H3. The van der Waals surface area contributed by atoms with Gasteiger partial charge < -0.3 is 14.5 Å². The number of aromatic nitrogens is 2. The summed E-state index contributed by atoms with van der Waals surface area (Å²) in [4.78, 5) is 20.4. The van der Waals surface area contributed by atoms with Crippen molar-refractivity contribution in [2.45, 2.75) is 20.0 Å². The number of hydrogen-bond donors (Lipinski definition) is 1. The van der Waals surface area contributed by atoms with E-state index in [1.54, 1.807) is 30.3 Å². The Morgan fingerprint density at radius 3 is 2.36 bits per heavy atom. The second kappa shape index (κ2) is 10.4. The minimum atomic E-state index is -4.41. The highest BCUT2D eigenvalue weighted by atomic mass is 19.4. The zero-order valence-corrected chi connectivity index (χ0v) is 17.8. The number of hydrogen-bond acceptors (Lipinski definition) is 5. The summed E-state index contributed by atoms with van der Waals surface area (Å²) in [7, 11) is 0. The summed E-state index contributed by atoms with van der Waals surface area (Å²) in [6.07, 6.45) is -1.78. The van der Waals surface area contributed by atoms with Gasteiger partial charge in [-0.1, -0.05) is 38.1 Å². The van der Waals surface area contributed by atoms with E-state index < -0.39 is 17.6 Å². The van der Waals surface area contributed by atoms with Gasteiger partial charge in [0.15, 0.2) is 11.5 Å². The number of furan rings is 1. The molecule has 1 amide bonds. The number of rotatable bonds is 5. The maximum absolute atomic E-state index is 12.8. The minimum absolute atomic E-state index is 0.140. The molecule has 170 valence electrons. The maximum atomic E-state index is 12.8. The van der Waals surface area contributed by atoms with Crippen LogP contribution in [0.1, 0.15) is 30.0 Å². The number of para-hydroxylation sites is 2. The summed E-state index contributed by atoms with van der Waals surface area (Å²) < 4.78 is 49.2. The van der Waals surface area contributed by atoms with Gasteiger partial charge in [0.05, 0.1) is 23.2 Å². The van der Waals surface area contributed by atoms with Gasteiger partial charge in [-0.15, -0.1) is 0 Å². The number of carbonyl (C=O) groups excluding carboxylic acids is 1. The summed E-state index contributed by atoms with van der Waals surface area (Å²) in [5.41, 5.74) is 0.497. The molecule has 1 N–H and O–H groups in total. The molecule has 0 aliphatic carbocycles. The summed E-state index contributed by atoms with van der Waals surface area (Å²) >= 11 is 0. The quantitative estimate of drug-likeness (QED) is 0.357. The molecule has 4 rings (SSSR count). The summed E-state index contributed by atoms with van der Waals surface area (Å²) in [5.74, 6) is 0.166. The Balaban J connectivity index is 0.00000149. The molecule has 0 bridgehead atoms. The van der Waals surface area contributed by atoms with E-state index in [1.807, 2.05) is 13.8 Å². The number of anilines is 1. The molecule has 2 heterocycles. The topological polar surface area (TPSA) is 77.2 Å². The lowest BCUT2D eigenvalue weighted by Gasteiger charge is -2.12. The van der Waals surface area contributed by atoms with Crippen molar-refractivity contribution in [3.8, 4) is 22.9 Å². The molecule has 0 fully saturated rings. The molecule has 2 aromatic carbocycles. The molecule has 0 unspecified atom stereocenters. The summed E-state index contributed by atoms with van der Waals surface area (Å²) in [6.45, 7) is 4.00. The van der Waals surface area contributed by atoms with Crippen molar-refractivity contribution in [2.75, 3.05) is 5.32 Å². The number of nitrogens with zero attached hydrogens (tertiary/aromatic N) is 2. The van der Waals surface area contributed by atoms with Crippen molar-refractivity contribution in [2.24, 2.45) is 0 Å². The van der Waals surface area contributed by atoms with Crippen molar-refractivity contribution in [1.29, 1.82) is 0 Å². The molecular formula is C24H20F3N3O3. The second-order valence-corrected chi connectivity index (χ2v) is 6.35. The first-order chi connectivity index (χ1) is 15.9. The van der Waals surface area contributed by atoms with Crippen molar-refractivity contribution >= 4 is 11.6 Å². The molecule has 2 aromatic heterocycles. The molecule has 33 heavy (non-hydrogen) atoms. The number of benzene rings is 2. The molecular weight excluding hydrogens is 435 g/mol. The van der Waals surface area contributed by atoms with Gasteiger partial charge in [0.2, 0.25) is 5.88 Å². The highest BCUT2D eigenvalue weighted by Gasteiger charge is 2.30. The molecule has 0 saturated heterocycles. The summed E-state index contributed by atoms with van der Waals surface area (Å²) in [5, 5.41) is 2.69. The Kier molecular flexibility index (Phi) is 7.45. The third-order valence-corrected chi connectivity index (χ3v) is 4.24. The van der Waals surface area contributed by atoms with Gasteiger partial charge in [-0.05, 0) is 36.4 Å². The van der Waals surface area contributed by atoms with Crippen LogP contribution in [0.25, 0.3) is 11.3 Å². The van der Waals surface area contributed by atoms with Crippen LogP contribution < -0.4 is 10.1 Å². The molecule has 6 nitrogen and oxygen atoms in total. The van der Waals surface area contributed by atoms with Gasteiger partial charge in [-0.2, -0.15) is 13.2 Å². The molecule has 9 heteroatoms. The zero-order valence-electron chi connectivity index (χ0n) is 17.8. The van der Waals surface area contributed by atoms with Crippen LogP contribution in [0.15, 0.2) is 83.7 Å². The van der Waals surface area contributed by atoms with E-state index >= 15 is 0 Å². The first-order valence-corrected chi connectivity index (χ1v) is 10.0. The van der Waals surface area contributed by atoms with E-state index in [0.717, 1.165) is 12.1 Å². The lowest BCUT2D eigenvalue weighted by atomic mass is 10.1. The maximum Gasteiger partial charge on any atom is 0.416 e. The lowest BCUT2D eigenvalue weighted by Crippen LogP contribution is -2.11. The Morgan fingerprint density at radius 1 is 0.970 bits per heavy atom. The van der Waals surface area contributed by atoms with E-state index in [1.165, 1.54) is 36.9 Å². The second-order valence-electron chi connectivity index (χ2n) is 6.35. The van der Waals surface area contributed by atoms with Crippen molar-refractivity contribution < 1.29 is 27.1 Å². The van der Waals surface area contributed by atoms with Crippen LogP contribution in [0.4, 0.5) is 18.9 Å². The molecule has 4 aromatic rings. The molecule has 0 atom stereocenters. The molecule has 0 spiro atoms. The predicted octanol–water partition coefficient (Wildman–Crippen LogP) is 6.83. The van der Waals surface area contributed by atoms with Crippen LogP contribution in [0.3, 0.4) is 0 Å². The molecule has 0 radical (unpaired) electrons. The number of nitrogens with one attached hydrogen (secondary N) is 1. The van der Waals surface area contributed by atoms with Crippen molar-refractivity contribution in [1.82, 2.24) is 9.97 Å². The average molecular weight is 455 g/mol. The van der Waals surface area contributed by atoms with E-state index in [4.69, 9.17) is 9.15 Å². The third kappa shape index (κ3) is 5.97. The number of amides is 1. The number of carbonyl (C=O) groups is 1. The fourth-order valence-electron chi connectivity index (χ4n) is 2.75. The van der Waals surface area contributed by atoms with Gasteiger partial charge in [0, 0.05) is 11.6 Å². The van der Waals surface area contributed by atoms with Crippen LogP contribution in [-0.4, -0.2) is 15.9 Å². The third-order valence-electron chi connectivity index (χ3n) is 4.24. The van der Waals surface area contributed by atoms with Crippen LogP contribution in [-0.2, 0) is 6.18 Å². The van der Waals surface area contributed by atoms with Crippen molar-refractivity contribution in [3.63, 3.8) is 0 Å². The van der Waals surface area contributed by atoms with Crippen molar-refractivity contribution in [3.05, 3.63) is 90.6 Å². The van der Waals surface area contributed by atoms with Gasteiger partial charge in [0.25, 0.3) is 5.91 Å². The predicted molar refractivity (Wildman–Crippen MR) is 117 cm³/mol. The zero-order chi connectivity index (χ0) is 23.8. The lowest BCUT2D eigenvalue weighted by molar-refractivity contribution is -0.137. The molecule has 0 saturated carbocycles. The van der Waals surface area contributed by atoms with Gasteiger partial charge >= 0.3 is 6.18 Å². The number of ether oxygens (including phenoxy) is 1. The van der Waals surface area contributed by atoms with Crippen LogP contribution >= 0.6 is 0 Å². The summed E-state index contributed by atoms with van der Waals surface area (Å²) in [6, 6.07) is 16.0. The Hall–Kier alpha value is -4.14. The molecule has 0 aliphatic rings. The monoisotopic (exact) mass is 455 g/mol. The van der Waals surface area contributed by atoms with E-state index in [9.17, 15) is 18.0 Å². The fourth-order valence-corrected chi connectivity index (χ4v) is 2.75. The van der Waals surface area contributed by atoms with Gasteiger partial charge in [-0.25, -0.2) is 9.97 Å². The Labute approximate surface area is 188 Å². The first-order valence-electron chi connectivity index (χ1n) is 10.0. The number of halogens is 3. The Morgan fingerprint density at radius 2 is 1.70 bits per heavy atom. The highest BCUT2D eigenvalue weighted by molar-refractivity contribution is 6.03. The highest BCUT2D eigenvalue weighted by Crippen LogP contribution is 2.32. The van der Waals surface area contributed by atoms with Gasteiger partial charge in [-0.3, -0.25) is 4.79 Å². The van der Waals surface area contributed by atoms with Crippen LogP contribution in [0.5, 0.6) is 11.6 Å². The number of alkyl halides is 3. The smallest absolute Gasteiger partial charge is 0.416 e. The van der Waals surface area contributed by atoms with Crippen LogP contribution in [0.2, 0.25) is 0 Å². The largest absolute Gasteiger partial charge is 0.459 e. The van der Waals surface area contributed by atoms with Crippen LogP contribution in [0, 0.1) is 0 Å². The SMILES string of the molecule is CC.O=C(Nc1ccccc1Oc1cc(-c2ccc(C(F)(F)F)cc2)ncn1)c1ccco1. The Bertz CT molecular complexity index is 1190. The fraction of sp³-hybridized carbons (Fsp3) is 0.125.